The summed E-state index contributed by atoms with van der Waals surface area (Å²) in [5.74, 6) is 0.131. The number of hydrogen-bond donors (Lipinski definition) is 0. The average Bonchev–Trinajstić information content (AvgIpc) is 2.85. The Kier molecular flexibility index (Phi) is 9.45. The molecule has 0 spiro atoms. The monoisotopic (exact) mass is 501 g/mol. The summed E-state index contributed by atoms with van der Waals surface area (Å²) in [7, 11) is -2.16. The van der Waals surface area contributed by atoms with E-state index in [-0.39, 0.29) is 18.9 Å². The fourth-order valence-corrected chi connectivity index (χ4v) is 4.58. The molecule has 1 aliphatic heterocycles. The predicted octanol–water partition coefficient (Wildman–Crippen LogP) is 2.91. The third kappa shape index (κ3) is 8.52. The molecule has 35 heavy (non-hydrogen) atoms. The Bertz CT molecular complexity index is 1150. The maximum absolute atomic E-state index is 12.7. The standard InChI is InChI=1S/C26H31NO7S/c1-20(28)8-9-22-10-11-24(25(16-22)32-2)34-18-23-17-27(13-14-33-23)26(29)19-35(30,31)15-12-21-6-4-3-5-7-21/h3-7,10-12,15-16,23H,8-9,13-14,17-19H2,1-2H3/b15-12+. The van der Waals surface area contributed by atoms with Crippen molar-refractivity contribution in [1.29, 1.82) is 0 Å². The Morgan fingerprint density at radius 2 is 1.91 bits per heavy atom. The first-order valence-corrected chi connectivity index (χ1v) is 13.1. The van der Waals surface area contributed by atoms with Crippen LogP contribution in [-0.2, 0) is 30.6 Å². The van der Waals surface area contributed by atoms with Gasteiger partial charge in [-0.3, -0.25) is 4.79 Å². The molecule has 188 valence electrons. The predicted molar refractivity (Wildman–Crippen MR) is 133 cm³/mol. The van der Waals surface area contributed by atoms with Crippen molar-refractivity contribution in [3.63, 3.8) is 0 Å². The molecule has 0 bridgehead atoms. The molecule has 1 saturated heterocycles. The number of sulfone groups is 1. The second kappa shape index (κ2) is 12.5. The zero-order valence-electron chi connectivity index (χ0n) is 20.0. The van der Waals surface area contributed by atoms with Crippen LogP contribution < -0.4 is 9.47 Å². The molecule has 1 fully saturated rings. The number of ketones is 1. The molecule has 1 amide bonds. The normalized spacial score (nSPS) is 16.3. The minimum Gasteiger partial charge on any atom is -0.493 e. The van der Waals surface area contributed by atoms with E-state index < -0.39 is 27.6 Å². The van der Waals surface area contributed by atoms with Crippen LogP contribution >= 0.6 is 0 Å². The first kappa shape index (κ1) is 26.4. The van der Waals surface area contributed by atoms with E-state index in [1.807, 2.05) is 30.3 Å². The molecule has 8 nitrogen and oxygen atoms in total. The van der Waals surface area contributed by atoms with Crippen molar-refractivity contribution >= 4 is 27.6 Å². The number of rotatable bonds is 11. The Morgan fingerprint density at radius 1 is 1.14 bits per heavy atom. The van der Waals surface area contributed by atoms with Gasteiger partial charge in [-0.05, 0) is 42.7 Å². The molecule has 3 rings (SSSR count). The Morgan fingerprint density at radius 3 is 2.63 bits per heavy atom. The van der Waals surface area contributed by atoms with Crippen LogP contribution in [0.4, 0.5) is 0 Å². The summed E-state index contributed by atoms with van der Waals surface area (Å²) >= 11 is 0. The molecule has 0 radical (unpaired) electrons. The van der Waals surface area contributed by atoms with Gasteiger partial charge >= 0.3 is 0 Å². The minimum atomic E-state index is -3.71. The van der Waals surface area contributed by atoms with E-state index in [4.69, 9.17) is 14.2 Å². The highest BCUT2D eigenvalue weighted by atomic mass is 32.2. The van der Waals surface area contributed by atoms with E-state index in [1.165, 1.54) is 11.0 Å². The third-order valence-electron chi connectivity index (χ3n) is 5.50. The summed E-state index contributed by atoms with van der Waals surface area (Å²) in [6.07, 6.45) is 2.16. The highest BCUT2D eigenvalue weighted by Gasteiger charge is 2.27. The summed E-state index contributed by atoms with van der Waals surface area (Å²) in [5.41, 5.74) is 1.71. The number of morpholine rings is 1. The lowest BCUT2D eigenvalue weighted by atomic mass is 10.1. The van der Waals surface area contributed by atoms with Gasteiger partial charge in [0.2, 0.25) is 5.91 Å². The van der Waals surface area contributed by atoms with Gasteiger partial charge in [0, 0.05) is 18.4 Å². The first-order chi connectivity index (χ1) is 16.8. The molecule has 2 aromatic carbocycles. The van der Waals surface area contributed by atoms with E-state index in [0.29, 0.717) is 37.5 Å². The molecule has 0 aliphatic carbocycles. The second-order valence-electron chi connectivity index (χ2n) is 8.35. The molecule has 0 N–H and O–H groups in total. The number of aryl methyl sites for hydroxylation is 1. The summed E-state index contributed by atoms with van der Waals surface area (Å²) in [5, 5.41) is 1.08. The average molecular weight is 502 g/mol. The van der Waals surface area contributed by atoms with Gasteiger partial charge in [-0.15, -0.1) is 0 Å². The van der Waals surface area contributed by atoms with Crippen LogP contribution in [0.1, 0.15) is 24.5 Å². The number of ether oxygens (including phenoxy) is 3. The zero-order valence-corrected chi connectivity index (χ0v) is 20.8. The van der Waals surface area contributed by atoms with E-state index in [0.717, 1.165) is 16.5 Å². The van der Waals surface area contributed by atoms with Crippen LogP contribution in [0, 0.1) is 0 Å². The first-order valence-electron chi connectivity index (χ1n) is 11.4. The van der Waals surface area contributed by atoms with Crippen molar-refractivity contribution in [3.05, 3.63) is 65.1 Å². The van der Waals surface area contributed by atoms with Gasteiger partial charge < -0.3 is 23.9 Å². The van der Waals surface area contributed by atoms with Crippen molar-refractivity contribution in [2.75, 3.05) is 39.2 Å². The minimum absolute atomic E-state index is 0.123. The van der Waals surface area contributed by atoms with Crippen LogP contribution in [0.3, 0.4) is 0 Å². The Labute approximate surface area is 206 Å². The number of benzene rings is 2. The smallest absolute Gasteiger partial charge is 0.238 e. The molecular formula is C26H31NO7S. The maximum Gasteiger partial charge on any atom is 0.238 e. The van der Waals surface area contributed by atoms with Gasteiger partial charge in [0.25, 0.3) is 0 Å². The molecular weight excluding hydrogens is 470 g/mol. The van der Waals surface area contributed by atoms with E-state index in [1.54, 1.807) is 32.2 Å². The van der Waals surface area contributed by atoms with E-state index >= 15 is 0 Å². The number of methoxy groups -OCH3 is 1. The van der Waals surface area contributed by atoms with Crippen LogP contribution in [0.25, 0.3) is 6.08 Å². The van der Waals surface area contributed by atoms with Gasteiger partial charge in [0.1, 0.15) is 24.2 Å². The number of amides is 1. The van der Waals surface area contributed by atoms with Gasteiger partial charge in [0.05, 0.1) is 20.3 Å². The fourth-order valence-electron chi connectivity index (χ4n) is 3.59. The summed E-state index contributed by atoms with van der Waals surface area (Å²) in [4.78, 5) is 25.4. The van der Waals surface area contributed by atoms with Crippen molar-refractivity contribution in [1.82, 2.24) is 4.90 Å². The Hall–Kier alpha value is -3.17. The number of Topliss-reactive ketones (excluding diaryl/α,β-unsaturated/α-hetero) is 1. The molecule has 0 saturated carbocycles. The highest BCUT2D eigenvalue weighted by Crippen LogP contribution is 2.29. The quantitative estimate of drug-likeness (QED) is 0.467. The molecule has 9 heteroatoms. The zero-order chi connectivity index (χ0) is 25.3. The molecule has 1 heterocycles. The van der Waals surface area contributed by atoms with E-state index in [2.05, 4.69) is 0 Å². The lowest BCUT2D eigenvalue weighted by Crippen LogP contribution is -2.49. The molecule has 0 aromatic heterocycles. The molecule has 2 aromatic rings. The van der Waals surface area contributed by atoms with Gasteiger partial charge in [0.15, 0.2) is 21.3 Å². The van der Waals surface area contributed by atoms with Gasteiger partial charge in [-0.25, -0.2) is 8.42 Å². The van der Waals surface area contributed by atoms with Crippen LogP contribution in [0.15, 0.2) is 53.9 Å². The molecule has 1 unspecified atom stereocenters. The largest absolute Gasteiger partial charge is 0.493 e. The van der Waals surface area contributed by atoms with Gasteiger partial charge in [-0.2, -0.15) is 0 Å². The molecule has 1 atom stereocenters. The topological polar surface area (TPSA) is 99.2 Å². The van der Waals surface area contributed by atoms with Crippen molar-refractivity contribution in [2.24, 2.45) is 0 Å². The van der Waals surface area contributed by atoms with E-state index in [9.17, 15) is 18.0 Å². The number of carbonyl (C=O) groups is 2. The molecule has 1 aliphatic rings. The highest BCUT2D eigenvalue weighted by molar-refractivity contribution is 7.95. The van der Waals surface area contributed by atoms with Crippen LogP contribution in [0.5, 0.6) is 11.5 Å². The van der Waals surface area contributed by atoms with Crippen LogP contribution in [0.2, 0.25) is 0 Å². The van der Waals surface area contributed by atoms with Crippen molar-refractivity contribution in [3.8, 4) is 11.5 Å². The summed E-state index contributed by atoms with van der Waals surface area (Å²) in [6.45, 7) is 2.58. The third-order valence-corrected chi connectivity index (χ3v) is 6.70. The lowest BCUT2D eigenvalue weighted by molar-refractivity contribution is -0.137. The maximum atomic E-state index is 12.7. The number of carbonyl (C=O) groups excluding carboxylic acids is 2. The Balaban J connectivity index is 1.54. The SMILES string of the molecule is COc1cc(CCC(C)=O)ccc1OCC1CN(C(=O)CS(=O)(=O)/C=C/c2ccccc2)CCO1. The summed E-state index contributed by atoms with van der Waals surface area (Å²) in [6, 6.07) is 14.5. The lowest BCUT2D eigenvalue weighted by Gasteiger charge is -2.32. The second-order valence-corrected chi connectivity index (χ2v) is 10.2. The van der Waals surface area contributed by atoms with Crippen molar-refractivity contribution < 1.29 is 32.2 Å². The fraction of sp³-hybridized carbons (Fsp3) is 0.385. The van der Waals surface area contributed by atoms with Crippen molar-refractivity contribution in [2.45, 2.75) is 25.9 Å². The van der Waals surface area contributed by atoms with Crippen LogP contribution in [-0.4, -0.2) is 70.3 Å². The summed E-state index contributed by atoms with van der Waals surface area (Å²) < 4.78 is 41.8. The number of nitrogens with zero attached hydrogens (tertiary/aromatic N) is 1. The van der Waals surface area contributed by atoms with Gasteiger partial charge in [-0.1, -0.05) is 36.4 Å². The number of hydrogen-bond acceptors (Lipinski definition) is 7.